The maximum Gasteiger partial charge on any atom is 0.261 e. The number of halogens is 1. The number of aryl methyl sites for hydroxylation is 2. The third kappa shape index (κ3) is 3.91. The number of aromatic nitrogens is 5. The van der Waals surface area contributed by atoms with Gasteiger partial charge in [0.1, 0.15) is 5.82 Å². The lowest BCUT2D eigenvalue weighted by molar-refractivity contribution is -0.132. The molecule has 2 aromatic heterocycles. The van der Waals surface area contributed by atoms with E-state index in [1.165, 1.54) is 17.3 Å². The van der Waals surface area contributed by atoms with Gasteiger partial charge in [0, 0.05) is 36.9 Å². The van der Waals surface area contributed by atoms with Gasteiger partial charge in [-0.2, -0.15) is 0 Å². The van der Waals surface area contributed by atoms with Crippen molar-refractivity contribution in [1.29, 1.82) is 0 Å². The van der Waals surface area contributed by atoms with Crippen molar-refractivity contribution in [3.63, 3.8) is 0 Å². The number of fused-ring (bicyclic) bond motifs is 2. The summed E-state index contributed by atoms with van der Waals surface area (Å²) >= 11 is 3.40. The minimum absolute atomic E-state index is 0.0192. The molecule has 3 aromatic rings. The topological polar surface area (TPSA) is 85.9 Å². The molecule has 2 aliphatic rings. The van der Waals surface area contributed by atoms with Crippen molar-refractivity contribution in [2.45, 2.75) is 64.1 Å². The molecule has 1 unspecified atom stereocenters. The van der Waals surface area contributed by atoms with Gasteiger partial charge in [-0.05, 0) is 43.9 Å². The van der Waals surface area contributed by atoms with E-state index in [0.29, 0.717) is 17.4 Å². The van der Waals surface area contributed by atoms with E-state index in [1.54, 1.807) is 6.07 Å². The van der Waals surface area contributed by atoms with Crippen LogP contribution in [0.1, 0.15) is 56.2 Å². The fraction of sp³-hybridized carbons (Fsp3) is 0.500. The Kier molecular flexibility index (Phi) is 5.60. The van der Waals surface area contributed by atoms with Crippen molar-refractivity contribution in [2.24, 2.45) is 0 Å². The number of nitrogens with zero attached hydrogens (tertiary/aromatic N) is 6. The van der Waals surface area contributed by atoms with Gasteiger partial charge in [-0.15, -0.1) is 10.2 Å². The average Bonchev–Trinajstić information content (AvgIpc) is 3.34. The molecule has 0 aliphatic carbocycles. The fourth-order valence-electron chi connectivity index (χ4n) is 4.74. The van der Waals surface area contributed by atoms with Crippen LogP contribution in [0.25, 0.3) is 10.9 Å². The van der Waals surface area contributed by atoms with Crippen LogP contribution in [0.15, 0.2) is 33.8 Å². The van der Waals surface area contributed by atoms with E-state index in [2.05, 4.69) is 35.7 Å². The molecule has 8 nitrogen and oxygen atoms in total. The SMILES string of the molecule is O=C(CCn1cnc2ccc(Br)cc2c1=O)N1CCCC1c1nnc2n1CCCCC2. The molecule has 1 aromatic carbocycles. The van der Waals surface area contributed by atoms with E-state index >= 15 is 0 Å². The lowest BCUT2D eigenvalue weighted by Crippen LogP contribution is -2.33. The van der Waals surface area contributed by atoms with Gasteiger partial charge in [-0.1, -0.05) is 22.4 Å². The number of benzene rings is 1. The summed E-state index contributed by atoms with van der Waals surface area (Å²) in [7, 11) is 0. The molecule has 1 fully saturated rings. The van der Waals surface area contributed by atoms with Crippen molar-refractivity contribution in [3.8, 4) is 0 Å². The van der Waals surface area contributed by atoms with E-state index in [4.69, 9.17) is 0 Å². The number of hydrogen-bond donors (Lipinski definition) is 0. The molecule has 0 bridgehead atoms. The summed E-state index contributed by atoms with van der Waals surface area (Å²) in [5, 5.41) is 9.44. The number of rotatable bonds is 4. The van der Waals surface area contributed by atoms with Crippen molar-refractivity contribution in [2.75, 3.05) is 6.54 Å². The van der Waals surface area contributed by atoms with Crippen LogP contribution in [-0.4, -0.2) is 41.7 Å². The average molecular weight is 485 g/mol. The van der Waals surface area contributed by atoms with Gasteiger partial charge in [0.25, 0.3) is 5.56 Å². The summed E-state index contributed by atoms with van der Waals surface area (Å²) in [6.07, 6.45) is 8.12. The van der Waals surface area contributed by atoms with Gasteiger partial charge in [0.15, 0.2) is 5.82 Å². The van der Waals surface area contributed by atoms with Gasteiger partial charge in [0.05, 0.1) is 23.3 Å². The lowest BCUT2D eigenvalue weighted by Gasteiger charge is -2.25. The Bertz CT molecular complexity index is 1190. The first-order valence-corrected chi connectivity index (χ1v) is 11.8. The van der Waals surface area contributed by atoms with Crippen LogP contribution in [0.5, 0.6) is 0 Å². The summed E-state index contributed by atoms with van der Waals surface area (Å²) in [4.78, 5) is 32.2. The first-order valence-electron chi connectivity index (χ1n) is 11.0. The third-order valence-electron chi connectivity index (χ3n) is 6.36. The van der Waals surface area contributed by atoms with Gasteiger partial charge < -0.3 is 9.47 Å². The lowest BCUT2D eigenvalue weighted by atomic mass is 10.2. The van der Waals surface area contributed by atoms with Gasteiger partial charge in [-0.3, -0.25) is 14.2 Å². The highest BCUT2D eigenvalue weighted by Gasteiger charge is 2.34. The zero-order valence-electron chi connectivity index (χ0n) is 17.3. The van der Waals surface area contributed by atoms with Gasteiger partial charge in [-0.25, -0.2) is 4.98 Å². The number of carbonyl (C=O) groups excluding carboxylic acids is 1. The van der Waals surface area contributed by atoms with Crippen LogP contribution in [-0.2, 0) is 24.3 Å². The Morgan fingerprint density at radius 3 is 2.94 bits per heavy atom. The van der Waals surface area contributed by atoms with Crippen LogP contribution in [0, 0.1) is 0 Å². The summed E-state index contributed by atoms with van der Waals surface area (Å²) in [6, 6.07) is 5.43. The summed E-state index contributed by atoms with van der Waals surface area (Å²) in [6.45, 7) is 1.97. The zero-order valence-corrected chi connectivity index (χ0v) is 18.9. The highest BCUT2D eigenvalue weighted by Crippen LogP contribution is 2.32. The molecule has 0 saturated carbocycles. The normalized spacial score (nSPS) is 18.9. The second kappa shape index (κ2) is 8.53. The van der Waals surface area contributed by atoms with Crippen molar-refractivity contribution < 1.29 is 4.79 Å². The Labute approximate surface area is 188 Å². The van der Waals surface area contributed by atoms with Crippen LogP contribution >= 0.6 is 15.9 Å². The van der Waals surface area contributed by atoms with E-state index in [-0.39, 0.29) is 23.9 Å². The Hall–Kier alpha value is -2.55. The molecule has 5 rings (SSSR count). The molecule has 2 aliphatic heterocycles. The molecule has 9 heteroatoms. The van der Waals surface area contributed by atoms with E-state index in [9.17, 15) is 9.59 Å². The number of likely N-dealkylation sites (tertiary alicyclic amines) is 1. The summed E-state index contributed by atoms with van der Waals surface area (Å²) in [5.41, 5.74) is 0.530. The predicted octanol–water partition coefficient (Wildman–Crippen LogP) is 3.23. The molecule has 0 radical (unpaired) electrons. The van der Waals surface area contributed by atoms with Crippen molar-refractivity contribution in [1.82, 2.24) is 29.2 Å². The van der Waals surface area contributed by atoms with Gasteiger partial charge in [0.2, 0.25) is 5.91 Å². The summed E-state index contributed by atoms with van der Waals surface area (Å²) < 4.78 is 4.60. The fourth-order valence-corrected chi connectivity index (χ4v) is 5.10. The number of hydrogen-bond acceptors (Lipinski definition) is 5. The second-order valence-corrected chi connectivity index (χ2v) is 9.25. The van der Waals surface area contributed by atoms with E-state index < -0.39 is 0 Å². The molecule has 0 N–H and O–H groups in total. The minimum atomic E-state index is -0.125. The highest BCUT2D eigenvalue weighted by atomic mass is 79.9. The largest absolute Gasteiger partial charge is 0.332 e. The minimum Gasteiger partial charge on any atom is -0.332 e. The van der Waals surface area contributed by atoms with Crippen LogP contribution in [0.2, 0.25) is 0 Å². The van der Waals surface area contributed by atoms with Crippen molar-refractivity contribution in [3.05, 3.63) is 51.0 Å². The predicted molar refractivity (Wildman–Crippen MR) is 120 cm³/mol. The Morgan fingerprint density at radius 2 is 2.03 bits per heavy atom. The molecule has 4 heterocycles. The number of amides is 1. The monoisotopic (exact) mass is 484 g/mol. The number of carbonyl (C=O) groups is 1. The molecule has 1 amide bonds. The van der Waals surface area contributed by atoms with Crippen LogP contribution in [0.3, 0.4) is 0 Å². The first kappa shape index (κ1) is 20.4. The molecule has 0 spiro atoms. The zero-order chi connectivity index (χ0) is 21.4. The maximum absolute atomic E-state index is 13.1. The quantitative estimate of drug-likeness (QED) is 0.567. The molecule has 31 heavy (non-hydrogen) atoms. The van der Waals surface area contributed by atoms with E-state index in [0.717, 1.165) is 61.3 Å². The van der Waals surface area contributed by atoms with E-state index in [1.807, 2.05) is 17.0 Å². The Balaban J connectivity index is 1.33. The molecule has 162 valence electrons. The van der Waals surface area contributed by atoms with Crippen LogP contribution in [0.4, 0.5) is 0 Å². The smallest absolute Gasteiger partial charge is 0.261 e. The molecule has 1 saturated heterocycles. The highest BCUT2D eigenvalue weighted by molar-refractivity contribution is 9.10. The standard InChI is InChI=1S/C22H25BrN6O2/c23-15-7-8-17-16(13-15)22(31)27(14-24-17)12-9-20(30)28-11-4-5-18(28)21-26-25-19-6-2-1-3-10-29(19)21/h7-8,13-14,18H,1-6,9-12H2. The van der Waals surface area contributed by atoms with Gasteiger partial charge >= 0.3 is 0 Å². The second-order valence-electron chi connectivity index (χ2n) is 8.34. The van der Waals surface area contributed by atoms with Crippen LogP contribution < -0.4 is 5.56 Å². The molecular weight excluding hydrogens is 460 g/mol. The first-order chi connectivity index (χ1) is 15.1. The molecule has 1 atom stereocenters. The summed E-state index contributed by atoms with van der Waals surface area (Å²) in [5.74, 6) is 2.03. The maximum atomic E-state index is 13.1. The molecular formula is C22H25BrN6O2. The Morgan fingerprint density at radius 1 is 1.13 bits per heavy atom. The third-order valence-corrected chi connectivity index (χ3v) is 6.86. The van der Waals surface area contributed by atoms with Crippen molar-refractivity contribution >= 4 is 32.7 Å².